The molecule has 0 spiro atoms. The van der Waals surface area contributed by atoms with Gasteiger partial charge in [0.05, 0.1) is 18.2 Å². The highest BCUT2D eigenvalue weighted by Gasteiger charge is 2.23. The van der Waals surface area contributed by atoms with Crippen LogP contribution in [0.3, 0.4) is 0 Å². The molecular weight excluding hydrogens is 376 g/mol. The van der Waals surface area contributed by atoms with Gasteiger partial charge in [0.15, 0.2) is 5.96 Å². The lowest BCUT2D eigenvalue weighted by Gasteiger charge is -2.27. The molecule has 1 aromatic heterocycles. The number of aromatic nitrogens is 1. The van der Waals surface area contributed by atoms with E-state index in [1.54, 1.807) is 24.5 Å². The van der Waals surface area contributed by atoms with E-state index >= 15 is 0 Å². The fourth-order valence-electron chi connectivity index (χ4n) is 3.64. The minimum Gasteiger partial charge on any atom is -0.357 e. The zero-order valence-corrected chi connectivity index (χ0v) is 17.7. The number of hydrogen-bond donors (Lipinski definition) is 3. The van der Waals surface area contributed by atoms with Gasteiger partial charge in [-0.15, -0.1) is 0 Å². The van der Waals surface area contributed by atoms with Gasteiger partial charge in [0.25, 0.3) is 5.91 Å². The molecule has 7 heteroatoms. The van der Waals surface area contributed by atoms with Crippen LogP contribution in [-0.4, -0.2) is 61.0 Å². The summed E-state index contributed by atoms with van der Waals surface area (Å²) >= 11 is 0. The molecule has 2 heterocycles. The summed E-state index contributed by atoms with van der Waals surface area (Å²) in [6.45, 7) is 6.88. The smallest absolute Gasteiger partial charge is 0.252 e. The fourth-order valence-corrected chi connectivity index (χ4v) is 3.64. The Bertz CT molecular complexity index is 790. The summed E-state index contributed by atoms with van der Waals surface area (Å²) in [4.78, 5) is 23.4. The van der Waals surface area contributed by atoms with E-state index in [2.05, 4.69) is 63.1 Å². The fraction of sp³-hybridized carbons (Fsp3) is 0.435. The Morgan fingerprint density at radius 1 is 1.07 bits per heavy atom. The Morgan fingerprint density at radius 2 is 1.83 bits per heavy atom. The first-order valence-electron chi connectivity index (χ1n) is 10.8. The van der Waals surface area contributed by atoms with Gasteiger partial charge in [0.1, 0.15) is 0 Å². The van der Waals surface area contributed by atoms with Crippen molar-refractivity contribution in [1.29, 1.82) is 0 Å². The molecule has 0 radical (unpaired) electrons. The maximum Gasteiger partial charge on any atom is 0.252 e. The van der Waals surface area contributed by atoms with Crippen LogP contribution in [0.4, 0.5) is 0 Å². The van der Waals surface area contributed by atoms with Crippen LogP contribution in [0.2, 0.25) is 0 Å². The molecule has 0 aliphatic carbocycles. The number of benzene rings is 1. The third kappa shape index (κ3) is 6.56. The first-order chi connectivity index (χ1) is 14.8. The molecule has 0 bridgehead atoms. The van der Waals surface area contributed by atoms with Crippen molar-refractivity contribution >= 4 is 11.9 Å². The number of carbonyl (C=O) groups is 1. The molecule has 3 rings (SSSR count). The van der Waals surface area contributed by atoms with Crippen molar-refractivity contribution in [1.82, 2.24) is 25.8 Å². The number of nitrogens with one attached hydrogen (secondary N) is 3. The largest absolute Gasteiger partial charge is 0.357 e. The molecule has 1 aliphatic rings. The quantitative estimate of drug-likeness (QED) is 0.337. The van der Waals surface area contributed by atoms with E-state index in [9.17, 15) is 4.79 Å². The third-order valence-corrected chi connectivity index (χ3v) is 5.16. The summed E-state index contributed by atoms with van der Waals surface area (Å²) in [5.41, 5.74) is 1.87. The lowest BCUT2D eigenvalue weighted by atomic mass is 10.1. The highest BCUT2D eigenvalue weighted by atomic mass is 16.1. The number of amides is 1. The Hall–Kier alpha value is -2.93. The van der Waals surface area contributed by atoms with Crippen molar-refractivity contribution < 1.29 is 4.79 Å². The number of aliphatic imine (C=N–C) groups is 1. The van der Waals surface area contributed by atoms with Gasteiger partial charge in [0.2, 0.25) is 0 Å². The Balaban J connectivity index is 1.54. The van der Waals surface area contributed by atoms with Crippen LogP contribution in [0.5, 0.6) is 0 Å². The van der Waals surface area contributed by atoms with Crippen molar-refractivity contribution in [3.8, 4) is 0 Å². The second kappa shape index (κ2) is 11.9. The topological polar surface area (TPSA) is 81.7 Å². The molecule has 1 fully saturated rings. The van der Waals surface area contributed by atoms with Gasteiger partial charge in [-0.05, 0) is 50.6 Å². The molecule has 2 aromatic rings. The van der Waals surface area contributed by atoms with Crippen molar-refractivity contribution in [2.24, 2.45) is 4.99 Å². The molecule has 3 N–H and O–H groups in total. The number of hydrogen-bond acceptors (Lipinski definition) is 4. The maximum absolute atomic E-state index is 12.1. The molecule has 1 unspecified atom stereocenters. The number of guanidine groups is 1. The summed E-state index contributed by atoms with van der Waals surface area (Å²) in [5.74, 6) is 0.651. The Labute approximate surface area is 179 Å². The van der Waals surface area contributed by atoms with E-state index in [0.29, 0.717) is 25.2 Å². The second-order valence-electron chi connectivity index (χ2n) is 7.31. The van der Waals surface area contributed by atoms with E-state index in [1.807, 2.05) is 0 Å². The highest BCUT2D eigenvalue weighted by Crippen LogP contribution is 2.25. The molecule has 1 saturated heterocycles. The normalized spacial score (nSPS) is 15.6. The molecule has 0 saturated carbocycles. The number of pyridine rings is 1. The molecule has 1 amide bonds. The summed E-state index contributed by atoms with van der Waals surface area (Å²) in [6, 6.07) is 14.4. The van der Waals surface area contributed by atoms with Gasteiger partial charge in [0, 0.05) is 32.0 Å². The van der Waals surface area contributed by atoms with Crippen molar-refractivity contribution in [3.63, 3.8) is 0 Å². The lowest BCUT2D eigenvalue weighted by molar-refractivity contribution is 0.0954. The molecule has 1 atom stereocenters. The Kier molecular flexibility index (Phi) is 8.65. The van der Waals surface area contributed by atoms with Gasteiger partial charge in [-0.2, -0.15) is 0 Å². The first-order valence-corrected chi connectivity index (χ1v) is 10.8. The standard InChI is InChI=1S/C23H32N6O/c1-2-25-23(27-14-13-26-22(30)20-11-8-12-24-17-20)28-18-21(29-15-6-7-16-29)19-9-4-3-5-10-19/h3-5,8-12,17,21H,2,6-7,13-16,18H2,1H3,(H,26,30)(H2,25,27,28). The predicted octanol–water partition coefficient (Wildman–Crippen LogP) is 2.20. The van der Waals surface area contributed by atoms with Crippen molar-refractivity contribution in [2.45, 2.75) is 25.8 Å². The lowest BCUT2D eigenvalue weighted by Crippen LogP contribution is -2.42. The maximum atomic E-state index is 12.1. The monoisotopic (exact) mass is 408 g/mol. The average Bonchev–Trinajstić information content (AvgIpc) is 3.32. The highest BCUT2D eigenvalue weighted by molar-refractivity contribution is 5.93. The minimum absolute atomic E-state index is 0.120. The van der Waals surface area contributed by atoms with Gasteiger partial charge in [-0.1, -0.05) is 30.3 Å². The van der Waals surface area contributed by atoms with Crippen LogP contribution < -0.4 is 16.0 Å². The van der Waals surface area contributed by atoms with E-state index < -0.39 is 0 Å². The van der Waals surface area contributed by atoms with Crippen molar-refractivity contribution in [2.75, 3.05) is 39.3 Å². The van der Waals surface area contributed by atoms with Crippen LogP contribution in [0.15, 0.2) is 59.9 Å². The van der Waals surface area contributed by atoms with Crippen LogP contribution in [0.1, 0.15) is 41.7 Å². The van der Waals surface area contributed by atoms with E-state index in [0.717, 1.165) is 25.6 Å². The van der Waals surface area contributed by atoms with E-state index in [4.69, 9.17) is 4.99 Å². The molecule has 1 aliphatic heterocycles. The third-order valence-electron chi connectivity index (χ3n) is 5.16. The average molecular weight is 409 g/mol. The SMILES string of the molecule is CCNC(=NCC(c1ccccc1)N1CCCC1)NCCNC(=O)c1cccnc1. The van der Waals surface area contributed by atoms with Crippen LogP contribution in [0.25, 0.3) is 0 Å². The van der Waals surface area contributed by atoms with Gasteiger partial charge in [-0.25, -0.2) is 0 Å². The van der Waals surface area contributed by atoms with Crippen LogP contribution in [-0.2, 0) is 0 Å². The molecule has 160 valence electrons. The zero-order chi connectivity index (χ0) is 21.0. The van der Waals surface area contributed by atoms with E-state index in [-0.39, 0.29) is 11.9 Å². The summed E-state index contributed by atoms with van der Waals surface area (Å²) in [6.07, 6.45) is 5.72. The van der Waals surface area contributed by atoms with Crippen LogP contribution in [0, 0.1) is 0 Å². The summed E-state index contributed by atoms with van der Waals surface area (Å²) < 4.78 is 0. The van der Waals surface area contributed by atoms with E-state index in [1.165, 1.54) is 18.4 Å². The van der Waals surface area contributed by atoms with Gasteiger partial charge < -0.3 is 16.0 Å². The number of nitrogens with zero attached hydrogens (tertiary/aromatic N) is 3. The Morgan fingerprint density at radius 3 is 2.53 bits per heavy atom. The number of likely N-dealkylation sites (tertiary alicyclic amines) is 1. The first kappa shape index (κ1) is 21.8. The van der Waals surface area contributed by atoms with Crippen molar-refractivity contribution in [3.05, 3.63) is 66.0 Å². The van der Waals surface area contributed by atoms with Crippen LogP contribution >= 0.6 is 0 Å². The van der Waals surface area contributed by atoms with Gasteiger partial charge >= 0.3 is 0 Å². The molecular formula is C23H32N6O. The molecule has 7 nitrogen and oxygen atoms in total. The van der Waals surface area contributed by atoms with Gasteiger partial charge in [-0.3, -0.25) is 19.7 Å². The number of rotatable bonds is 9. The summed E-state index contributed by atoms with van der Waals surface area (Å²) in [7, 11) is 0. The second-order valence-corrected chi connectivity index (χ2v) is 7.31. The molecule has 1 aromatic carbocycles. The minimum atomic E-state index is -0.120. The zero-order valence-electron chi connectivity index (χ0n) is 17.7. The number of carbonyl (C=O) groups excluding carboxylic acids is 1. The summed E-state index contributed by atoms with van der Waals surface area (Å²) in [5, 5.41) is 9.51. The predicted molar refractivity (Wildman–Crippen MR) is 121 cm³/mol. The molecule has 30 heavy (non-hydrogen) atoms.